The van der Waals surface area contributed by atoms with Crippen LogP contribution in [0.4, 0.5) is 5.69 Å². The van der Waals surface area contributed by atoms with Crippen molar-refractivity contribution in [3.8, 4) is 0 Å². The summed E-state index contributed by atoms with van der Waals surface area (Å²) in [7, 11) is 0. The number of hydrogen-bond donors (Lipinski definition) is 1. The first-order chi connectivity index (χ1) is 9.78. The third kappa shape index (κ3) is 2.29. The van der Waals surface area contributed by atoms with Crippen molar-refractivity contribution in [2.24, 2.45) is 0 Å². The molecule has 1 aromatic carbocycles. The summed E-state index contributed by atoms with van der Waals surface area (Å²) in [6.07, 6.45) is 2.42. The predicted octanol–water partition coefficient (Wildman–Crippen LogP) is 4.08. The van der Waals surface area contributed by atoms with Crippen molar-refractivity contribution in [2.75, 3.05) is 5.32 Å². The molecule has 4 nitrogen and oxygen atoms in total. The van der Waals surface area contributed by atoms with E-state index in [0.29, 0.717) is 5.92 Å². The number of aryl methyl sites for hydroxylation is 1. The molecule has 2 heterocycles. The average molecular weight is 285 g/mol. The Morgan fingerprint density at radius 1 is 1.35 bits per heavy atom. The topological polar surface area (TPSA) is 51.0 Å². The fourth-order valence-corrected chi connectivity index (χ4v) is 2.93. The zero-order valence-electron chi connectivity index (χ0n) is 11.2. The molecule has 0 aliphatic heterocycles. The number of anilines is 1. The van der Waals surface area contributed by atoms with Crippen LogP contribution in [0.15, 0.2) is 28.0 Å². The van der Waals surface area contributed by atoms with Crippen molar-refractivity contribution in [1.29, 1.82) is 0 Å². The summed E-state index contributed by atoms with van der Waals surface area (Å²) in [4.78, 5) is 9.02. The third-order valence-electron chi connectivity index (χ3n) is 3.44. The first kappa shape index (κ1) is 11.9. The number of benzene rings is 1. The largest absolute Gasteiger partial charge is 0.440 e. The van der Waals surface area contributed by atoms with Gasteiger partial charge in [-0.15, -0.1) is 11.3 Å². The molecule has 0 spiro atoms. The Labute approximate surface area is 120 Å². The highest BCUT2D eigenvalue weighted by atomic mass is 32.1. The lowest BCUT2D eigenvalue weighted by Gasteiger charge is -2.03. The van der Waals surface area contributed by atoms with Gasteiger partial charge in [-0.1, -0.05) is 0 Å². The van der Waals surface area contributed by atoms with Crippen LogP contribution < -0.4 is 5.32 Å². The van der Waals surface area contributed by atoms with Crippen LogP contribution in [-0.4, -0.2) is 9.97 Å². The molecule has 1 aliphatic rings. The molecule has 102 valence electrons. The second kappa shape index (κ2) is 4.59. The smallest absolute Gasteiger partial charge is 0.198 e. The fourth-order valence-electron chi connectivity index (χ4n) is 2.22. The van der Waals surface area contributed by atoms with Crippen LogP contribution in [0.25, 0.3) is 11.1 Å². The predicted molar refractivity (Wildman–Crippen MR) is 80.2 cm³/mol. The lowest BCUT2D eigenvalue weighted by Crippen LogP contribution is -1.98. The van der Waals surface area contributed by atoms with Gasteiger partial charge in [0.15, 0.2) is 11.5 Å². The summed E-state index contributed by atoms with van der Waals surface area (Å²) in [6, 6.07) is 6.07. The molecule has 0 atom stereocenters. The van der Waals surface area contributed by atoms with Crippen LogP contribution in [0, 0.1) is 6.92 Å². The first-order valence-corrected chi connectivity index (χ1v) is 7.71. The zero-order chi connectivity index (χ0) is 13.5. The van der Waals surface area contributed by atoms with Crippen molar-refractivity contribution in [3.05, 3.63) is 40.2 Å². The van der Waals surface area contributed by atoms with Gasteiger partial charge in [-0.3, -0.25) is 0 Å². The Morgan fingerprint density at radius 3 is 3.00 bits per heavy atom. The lowest BCUT2D eigenvalue weighted by molar-refractivity contribution is 0.533. The molecule has 1 fully saturated rings. The zero-order valence-corrected chi connectivity index (χ0v) is 12.0. The van der Waals surface area contributed by atoms with Gasteiger partial charge in [-0.25, -0.2) is 9.97 Å². The highest BCUT2D eigenvalue weighted by Gasteiger charge is 2.28. The molecule has 0 unspecified atom stereocenters. The molecule has 5 heteroatoms. The van der Waals surface area contributed by atoms with Crippen molar-refractivity contribution in [1.82, 2.24) is 9.97 Å². The van der Waals surface area contributed by atoms with Gasteiger partial charge < -0.3 is 9.73 Å². The van der Waals surface area contributed by atoms with Gasteiger partial charge in [0, 0.05) is 22.7 Å². The number of nitrogens with zero attached hydrogens (tertiary/aromatic N) is 2. The molecular formula is C15H15N3OS. The third-order valence-corrected chi connectivity index (χ3v) is 4.41. The normalized spacial score (nSPS) is 14.8. The average Bonchev–Trinajstić information content (AvgIpc) is 3.08. The van der Waals surface area contributed by atoms with Gasteiger partial charge in [0.2, 0.25) is 0 Å². The van der Waals surface area contributed by atoms with Crippen molar-refractivity contribution < 1.29 is 4.42 Å². The second-order valence-corrected chi connectivity index (χ2v) is 6.19. The van der Waals surface area contributed by atoms with E-state index < -0.39 is 0 Å². The monoisotopic (exact) mass is 285 g/mol. The van der Waals surface area contributed by atoms with Gasteiger partial charge in [0.05, 0.1) is 6.54 Å². The van der Waals surface area contributed by atoms with Crippen LogP contribution in [0.2, 0.25) is 0 Å². The molecule has 2 aromatic heterocycles. The number of rotatable bonds is 4. The minimum absolute atomic E-state index is 0.553. The quantitative estimate of drug-likeness (QED) is 0.784. The van der Waals surface area contributed by atoms with Gasteiger partial charge in [-0.05, 0) is 38.0 Å². The van der Waals surface area contributed by atoms with E-state index in [1.165, 1.54) is 12.8 Å². The summed E-state index contributed by atoms with van der Waals surface area (Å²) in [5.74, 6) is 1.45. The highest BCUT2D eigenvalue weighted by Crippen LogP contribution is 2.40. The summed E-state index contributed by atoms with van der Waals surface area (Å²) >= 11 is 1.68. The summed E-state index contributed by atoms with van der Waals surface area (Å²) in [6.45, 7) is 2.76. The Kier molecular flexibility index (Phi) is 2.73. The number of oxazole rings is 1. The molecule has 1 aliphatic carbocycles. The number of thiazole rings is 1. The number of aromatic nitrogens is 2. The van der Waals surface area contributed by atoms with E-state index in [4.69, 9.17) is 4.42 Å². The Hall–Kier alpha value is -1.88. The maximum absolute atomic E-state index is 5.76. The van der Waals surface area contributed by atoms with Crippen LogP contribution in [0.3, 0.4) is 0 Å². The van der Waals surface area contributed by atoms with E-state index in [0.717, 1.165) is 39.9 Å². The number of hydrogen-bond acceptors (Lipinski definition) is 5. The van der Waals surface area contributed by atoms with Crippen LogP contribution in [0.1, 0.15) is 35.4 Å². The SMILES string of the molecule is Cc1csc(CNc2ccc3oc(C4CC4)nc3c2)n1. The Bertz CT molecular complexity index is 757. The minimum atomic E-state index is 0.553. The first-order valence-electron chi connectivity index (χ1n) is 6.83. The summed E-state index contributed by atoms with van der Waals surface area (Å²) in [5.41, 5.74) is 3.95. The van der Waals surface area contributed by atoms with E-state index in [-0.39, 0.29) is 0 Å². The highest BCUT2D eigenvalue weighted by molar-refractivity contribution is 7.09. The molecule has 1 N–H and O–H groups in total. The van der Waals surface area contributed by atoms with Crippen molar-refractivity contribution in [2.45, 2.75) is 32.2 Å². The molecule has 0 amide bonds. The number of nitrogens with one attached hydrogen (secondary N) is 1. The molecule has 20 heavy (non-hydrogen) atoms. The van der Waals surface area contributed by atoms with Crippen molar-refractivity contribution >= 4 is 28.1 Å². The molecule has 0 radical (unpaired) electrons. The maximum Gasteiger partial charge on any atom is 0.198 e. The van der Waals surface area contributed by atoms with E-state index >= 15 is 0 Å². The van der Waals surface area contributed by atoms with E-state index in [2.05, 4.69) is 20.7 Å². The molecule has 4 rings (SSSR count). The van der Waals surface area contributed by atoms with Crippen molar-refractivity contribution in [3.63, 3.8) is 0 Å². The molecule has 0 saturated heterocycles. The maximum atomic E-state index is 5.76. The van der Waals surface area contributed by atoms with Gasteiger partial charge >= 0.3 is 0 Å². The Balaban J connectivity index is 1.54. The Morgan fingerprint density at radius 2 is 2.25 bits per heavy atom. The number of fused-ring (bicyclic) bond motifs is 1. The summed E-state index contributed by atoms with van der Waals surface area (Å²) in [5, 5.41) is 6.55. The molecular weight excluding hydrogens is 270 g/mol. The second-order valence-electron chi connectivity index (χ2n) is 5.25. The van der Waals surface area contributed by atoms with E-state index in [1.807, 2.05) is 25.1 Å². The molecule has 0 bridgehead atoms. The molecule has 1 saturated carbocycles. The minimum Gasteiger partial charge on any atom is -0.440 e. The van der Waals surface area contributed by atoms with Crippen LogP contribution >= 0.6 is 11.3 Å². The fraction of sp³-hybridized carbons (Fsp3) is 0.333. The standard InChI is InChI=1S/C15H15N3OS/c1-9-8-20-14(17-9)7-16-11-4-5-13-12(6-11)18-15(19-13)10-2-3-10/h4-6,8,10,16H,2-3,7H2,1H3. The van der Waals surface area contributed by atoms with E-state index in [9.17, 15) is 0 Å². The summed E-state index contributed by atoms with van der Waals surface area (Å²) < 4.78 is 5.76. The lowest BCUT2D eigenvalue weighted by atomic mass is 10.3. The molecule has 3 aromatic rings. The van der Waals surface area contributed by atoms with Crippen LogP contribution in [0.5, 0.6) is 0 Å². The van der Waals surface area contributed by atoms with E-state index in [1.54, 1.807) is 11.3 Å². The van der Waals surface area contributed by atoms with Gasteiger partial charge in [-0.2, -0.15) is 0 Å². The van der Waals surface area contributed by atoms with Crippen LogP contribution in [-0.2, 0) is 6.54 Å². The van der Waals surface area contributed by atoms with Gasteiger partial charge in [0.1, 0.15) is 10.5 Å². The van der Waals surface area contributed by atoms with Gasteiger partial charge in [0.25, 0.3) is 0 Å².